The van der Waals surface area contributed by atoms with E-state index in [4.69, 9.17) is 4.74 Å². The van der Waals surface area contributed by atoms with Crippen LogP contribution >= 0.6 is 0 Å². The van der Waals surface area contributed by atoms with E-state index in [0.717, 1.165) is 0 Å². The lowest BCUT2D eigenvalue weighted by Gasteiger charge is -2.06. The summed E-state index contributed by atoms with van der Waals surface area (Å²) >= 11 is 0. The molecule has 0 amide bonds. The summed E-state index contributed by atoms with van der Waals surface area (Å²) in [6, 6.07) is 1.68. The maximum atomic E-state index is 12.3. The lowest BCUT2D eigenvalue weighted by atomic mass is 10.2. The highest BCUT2D eigenvalue weighted by atomic mass is 16.5. The molecule has 0 saturated heterocycles. The first-order valence-electron chi connectivity index (χ1n) is 5.31. The summed E-state index contributed by atoms with van der Waals surface area (Å²) < 4.78 is 8.31. The van der Waals surface area contributed by atoms with E-state index < -0.39 is 0 Å². The van der Waals surface area contributed by atoms with Crippen molar-refractivity contribution in [2.24, 2.45) is 7.05 Å². The van der Waals surface area contributed by atoms with Gasteiger partial charge in [0.15, 0.2) is 11.4 Å². The van der Waals surface area contributed by atoms with Crippen LogP contribution in [0.3, 0.4) is 0 Å². The fraction of sp³-hybridized carbons (Fsp3) is 0.364. The Morgan fingerprint density at radius 1 is 1.47 bits per heavy atom. The molecule has 6 nitrogen and oxygen atoms in total. The number of ether oxygens (including phenoxy) is 1. The number of nitrogens with zero attached hydrogens (tertiary/aromatic N) is 4. The van der Waals surface area contributed by atoms with E-state index in [1.165, 1.54) is 11.8 Å². The molecule has 2 heterocycles. The molecular formula is C11H14N4O2. The first-order valence-corrected chi connectivity index (χ1v) is 5.31. The Bertz CT molecular complexity index is 520. The van der Waals surface area contributed by atoms with E-state index in [2.05, 4.69) is 10.2 Å². The van der Waals surface area contributed by atoms with Crippen molar-refractivity contribution in [1.29, 1.82) is 0 Å². The second-order valence-corrected chi connectivity index (χ2v) is 3.55. The number of carbonyl (C=O) groups is 1. The second kappa shape index (κ2) is 4.40. The van der Waals surface area contributed by atoms with Crippen molar-refractivity contribution in [3.8, 4) is 5.75 Å². The minimum atomic E-state index is -0.138. The molecule has 0 fully saturated rings. The number of ketones is 1. The number of aryl methyl sites for hydroxylation is 2. The van der Waals surface area contributed by atoms with Crippen LogP contribution in [0.15, 0.2) is 18.5 Å². The maximum Gasteiger partial charge on any atom is 0.232 e. The molecule has 0 aliphatic carbocycles. The van der Waals surface area contributed by atoms with Gasteiger partial charge < -0.3 is 4.74 Å². The Labute approximate surface area is 98.8 Å². The quantitative estimate of drug-likeness (QED) is 0.737. The molecule has 0 aromatic carbocycles. The highest BCUT2D eigenvalue weighted by Crippen LogP contribution is 2.20. The molecule has 0 aliphatic heterocycles. The summed E-state index contributed by atoms with van der Waals surface area (Å²) in [6.45, 7) is 2.54. The predicted octanol–water partition coefficient (Wildman–Crippen LogP) is 0.876. The van der Waals surface area contributed by atoms with Crippen LogP contribution in [0, 0.1) is 0 Å². The van der Waals surface area contributed by atoms with Crippen molar-refractivity contribution in [3.63, 3.8) is 0 Å². The predicted molar refractivity (Wildman–Crippen MR) is 61.1 cm³/mol. The Hall–Kier alpha value is -2.11. The standard InChI is InChI=1S/C11H14N4O2/c1-4-15-10(9(17-3)7-13-15)11(16)8-5-6-12-14(8)2/h5-7H,4H2,1-3H3. The molecule has 0 radical (unpaired) electrons. The van der Waals surface area contributed by atoms with Crippen molar-refractivity contribution in [2.45, 2.75) is 13.5 Å². The zero-order valence-electron chi connectivity index (χ0n) is 10.0. The third kappa shape index (κ3) is 1.82. The van der Waals surface area contributed by atoms with Gasteiger partial charge in [-0.25, -0.2) is 0 Å². The molecule has 0 aliphatic rings. The second-order valence-electron chi connectivity index (χ2n) is 3.55. The van der Waals surface area contributed by atoms with Crippen LogP contribution in [-0.2, 0) is 13.6 Å². The van der Waals surface area contributed by atoms with Crippen LogP contribution in [0.2, 0.25) is 0 Å². The first-order chi connectivity index (χ1) is 8.19. The number of hydrogen-bond donors (Lipinski definition) is 0. The molecule has 0 spiro atoms. The van der Waals surface area contributed by atoms with Crippen molar-refractivity contribution in [3.05, 3.63) is 29.8 Å². The van der Waals surface area contributed by atoms with Gasteiger partial charge in [0, 0.05) is 19.8 Å². The molecule has 2 rings (SSSR count). The first kappa shape index (κ1) is 11.4. The van der Waals surface area contributed by atoms with Gasteiger partial charge >= 0.3 is 0 Å². The number of aromatic nitrogens is 4. The van der Waals surface area contributed by atoms with Gasteiger partial charge in [0.25, 0.3) is 0 Å². The molecule has 0 saturated carbocycles. The lowest BCUT2D eigenvalue weighted by molar-refractivity contribution is 0.101. The molecule has 0 unspecified atom stereocenters. The van der Waals surface area contributed by atoms with Gasteiger partial charge in [0.1, 0.15) is 5.69 Å². The minimum absolute atomic E-state index is 0.138. The van der Waals surface area contributed by atoms with E-state index in [-0.39, 0.29) is 5.78 Å². The Balaban J connectivity index is 2.50. The fourth-order valence-corrected chi connectivity index (χ4v) is 1.70. The highest BCUT2D eigenvalue weighted by molar-refractivity contribution is 6.08. The summed E-state index contributed by atoms with van der Waals surface area (Å²) in [5, 5.41) is 8.09. The number of carbonyl (C=O) groups excluding carboxylic acids is 1. The number of hydrogen-bond acceptors (Lipinski definition) is 4. The fourth-order valence-electron chi connectivity index (χ4n) is 1.70. The van der Waals surface area contributed by atoms with Crippen molar-refractivity contribution >= 4 is 5.78 Å². The molecule has 0 bridgehead atoms. The van der Waals surface area contributed by atoms with Gasteiger partial charge in [-0.15, -0.1) is 0 Å². The summed E-state index contributed by atoms with van der Waals surface area (Å²) in [5.74, 6) is 0.347. The van der Waals surface area contributed by atoms with E-state index in [9.17, 15) is 4.79 Å². The molecule has 0 N–H and O–H groups in total. The number of methoxy groups -OCH3 is 1. The summed E-state index contributed by atoms with van der Waals surface area (Å²) in [5.41, 5.74) is 0.970. The van der Waals surface area contributed by atoms with Gasteiger partial charge in [0.2, 0.25) is 5.78 Å². The minimum Gasteiger partial charge on any atom is -0.493 e. The highest BCUT2D eigenvalue weighted by Gasteiger charge is 2.22. The number of rotatable bonds is 4. The Morgan fingerprint density at radius 2 is 2.24 bits per heavy atom. The summed E-state index contributed by atoms with van der Waals surface area (Å²) in [7, 11) is 3.25. The third-order valence-electron chi connectivity index (χ3n) is 2.59. The SMILES string of the molecule is CCn1ncc(OC)c1C(=O)c1ccnn1C. The van der Waals surface area contributed by atoms with Crippen LogP contribution in [0.1, 0.15) is 23.1 Å². The van der Waals surface area contributed by atoms with Gasteiger partial charge in [0.05, 0.1) is 13.3 Å². The molecule has 17 heavy (non-hydrogen) atoms. The van der Waals surface area contributed by atoms with Crippen LogP contribution in [0.5, 0.6) is 5.75 Å². The van der Waals surface area contributed by atoms with Crippen LogP contribution in [-0.4, -0.2) is 32.5 Å². The normalized spacial score (nSPS) is 10.5. The molecular weight excluding hydrogens is 220 g/mol. The van der Waals surface area contributed by atoms with E-state index in [1.54, 1.807) is 30.2 Å². The van der Waals surface area contributed by atoms with E-state index in [0.29, 0.717) is 23.7 Å². The van der Waals surface area contributed by atoms with Gasteiger partial charge in [-0.05, 0) is 13.0 Å². The average molecular weight is 234 g/mol. The van der Waals surface area contributed by atoms with Gasteiger partial charge in [-0.1, -0.05) is 0 Å². The zero-order valence-corrected chi connectivity index (χ0v) is 10.0. The van der Waals surface area contributed by atoms with Crippen molar-refractivity contribution in [2.75, 3.05) is 7.11 Å². The monoisotopic (exact) mass is 234 g/mol. The van der Waals surface area contributed by atoms with Crippen LogP contribution in [0.25, 0.3) is 0 Å². The van der Waals surface area contributed by atoms with Crippen molar-refractivity contribution in [1.82, 2.24) is 19.6 Å². The topological polar surface area (TPSA) is 61.9 Å². The Kier molecular flexibility index (Phi) is 2.95. The summed E-state index contributed by atoms with van der Waals surface area (Å²) in [6.07, 6.45) is 3.14. The molecule has 0 atom stereocenters. The van der Waals surface area contributed by atoms with Crippen LogP contribution < -0.4 is 4.74 Å². The third-order valence-corrected chi connectivity index (χ3v) is 2.59. The average Bonchev–Trinajstić information content (AvgIpc) is 2.93. The van der Waals surface area contributed by atoms with Crippen LogP contribution in [0.4, 0.5) is 0 Å². The molecule has 2 aromatic rings. The molecule has 2 aromatic heterocycles. The van der Waals surface area contributed by atoms with Crippen molar-refractivity contribution < 1.29 is 9.53 Å². The van der Waals surface area contributed by atoms with E-state index >= 15 is 0 Å². The van der Waals surface area contributed by atoms with E-state index in [1.807, 2.05) is 6.92 Å². The largest absolute Gasteiger partial charge is 0.493 e. The zero-order chi connectivity index (χ0) is 12.4. The smallest absolute Gasteiger partial charge is 0.232 e. The molecule has 6 heteroatoms. The lowest BCUT2D eigenvalue weighted by Crippen LogP contribution is -2.14. The van der Waals surface area contributed by atoms with Gasteiger partial charge in [-0.3, -0.25) is 14.2 Å². The molecule has 90 valence electrons. The Morgan fingerprint density at radius 3 is 2.76 bits per heavy atom. The maximum absolute atomic E-state index is 12.3. The van der Waals surface area contributed by atoms with Gasteiger partial charge in [-0.2, -0.15) is 10.2 Å². The summed E-state index contributed by atoms with van der Waals surface area (Å²) in [4.78, 5) is 12.3.